The summed E-state index contributed by atoms with van der Waals surface area (Å²) in [7, 11) is 0. The molecule has 1 aliphatic rings. The first-order chi connectivity index (χ1) is 17.5. The van der Waals surface area contributed by atoms with Crippen molar-refractivity contribution in [3.8, 4) is 0 Å². The van der Waals surface area contributed by atoms with Crippen LogP contribution in [0.5, 0.6) is 0 Å². The van der Waals surface area contributed by atoms with Gasteiger partial charge in [-0.15, -0.1) is 0 Å². The van der Waals surface area contributed by atoms with Crippen LogP contribution in [0.15, 0.2) is 66.7 Å². The summed E-state index contributed by atoms with van der Waals surface area (Å²) in [6.45, 7) is 11.1. The molecule has 3 aromatic rings. The Labute approximate surface area is 219 Å². The molecule has 0 saturated heterocycles. The van der Waals surface area contributed by atoms with Gasteiger partial charge in [0.1, 0.15) is 11.9 Å². The van der Waals surface area contributed by atoms with Crippen LogP contribution in [0.1, 0.15) is 55.5 Å². The van der Waals surface area contributed by atoms with Gasteiger partial charge in [-0.05, 0) is 87.6 Å². The van der Waals surface area contributed by atoms with E-state index in [4.69, 9.17) is 0 Å². The second-order valence-electron chi connectivity index (χ2n) is 10.8. The van der Waals surface area contributed by atoms with Crippen molar-refractivity contribution < 1.29 is 14.0 Å². The molecule has 0 fully saturated rings. The van der Waals surface area contributed by atoms with Gasteiger partial charge in [-0.25, -0.2) is 4.39 Å². The predicted octanol–water partition coefficient (Wildman–Crippen LogP) is 5.88. The Morgan fingerprint density at radius 1 is 1.00 bits per heavy atom. The molecule has 2 amide bonds. The maximum absolute atomic E-state index is 14.1. The summed E-state index contributed by atoms with van der Waals surface area (Å²) in [5.74, 6) is -0.854. The van der Waals surface area contributed by atoms with E-state index in [0.717, 1.165) is 29.8 Å². The second kappa shape index (κ2) is 10.8. The molecule has 1 unspecified atom stereocenters. The summed E-state index contributed by atoms with van der Waals surface area (Å²) < 4.78 is 13.9. The molecule has 1 atom stereocenters. The number of anilines is 2. The van der Waals surface area contributed by atoms with E-state index in [0.29, 0.717) is 17.8 Å². The maximum atomic E-state index is 14.1. The zero-order valence-electron chi connectivity index (χ0n) is 22.3. The lowest BCUT2D eigenvalue weighted by Gasteiger charge is -2.35. The van der Waals surface area contributed by atoms with Crippen LogP contribution in [0, 0.1) is 19.7 Å². The minimum absolute atomic E-state index is 0.156. The van der Waals surface area contributed by atoms with E-state index in [1.165, 1.54) is 17.7 Å². The third-order valence-electron chi connectivity index (χ3n) is 6.87. The molecule has 0 radical (unpaired) electrons. The van der Waals surface area contributed by atoms with Gasteiger partial charge in [-0.2, -0.15) is 0 Å². The van der Waals surface area contributed by atoms with Crippen LogP contribution in [0.2, 0.25) is 0 Å². The lowest BCUT2D eigenvalue weighted by Crippen LogP contribution is -2.50. The van der Waals surface area contributed by atoms with Crippen molar-refractivity contribution >= 4 is 23.2 Å². The number of aryl methyl sites for hydroxylation is 1. The number of para-hydroxylation sites is 1. The first kappa shape index (κ1) is 26.4. The molecule has 0 aliphatic carbocycles. The number of nitrogens with zero attached hydrogens (tertiary/aromatic N) is 2. The molecule has 6 heteroatoms. The molecule has 1 heterocycles. The van der Waals surface area contributed by atoms with E-state index in [1.807, 2.05) is 65.0 Å². The van der Waals surface area contributed by atoms with Crippen molar-refractivity contribution in [3.05, 3.63) is 94.8 Å². The molecular weight excluding hydrogens is 465 g/mol. The van der Waals surface area contributed by atoms with Crippen molar-refractivity contribution in [2.45, 2.75) is 59.0 Å². The summed E-state index contributed by atoms with van der Waals surface area (Å²) in [5.41, 5.74) is 5.14. The van der Waals surface area contributed by atoms with E-state index in [-0.39, 0.29) is 18.2 Å². The monoisotopic (exact) mass is 501 g/mol. The number of nitrogens with one attached hydrogen (secondary N) is 1. The van der Waals surface area contributed by atoms with Gasteiger partial charge in [-0.3, -0.25) is 14.5 Å². The van der Waals surface area contributed by atoms with Gasteiger partial charge in [-0.1, -0.05) is 42.5 Å². The van der Waals surface area contributed by atoms with Crippen LogP contribution < -0.4 is 15.1 Å². The molecule has 4 rings (SSSR count). The fourth-order valence-corrected chi connectivity index (χ4v) is 4.90. The lowest BCUT2D eigenvalue weighted by molar-refractivity contribution is -0.127. The Bertz CT molecular complexity index is 1280. The van der Waals surface area contributed by atoms with E-state index in [2.05, 4.69) is 22.3 Å². The maximum Gasteiger partial charge on any atom is 0.248 e. The second-order valence-corrected chi connectivity index (χ2v) is 10.8. The standard InChI is InChI=1S/C31H36FN3O2/c1-21-9-8-12-26(22(21)2)35(28(36)18-20-34-19-17-23-10-6-7-11-27(23)34)29(30(37)33-31(3,4)5)24-13-15-25(32)16-14-24/h6-16,29H,17-20H2,1-5H3,(H,33,37). The molecule has 0 aromatic heterocycles. The molecule has 5 nitrogen and oxygen atoms in total. The van der Waals surface area contributed by atoms with E-state index in [9.17, 15) is 14.0 Å². The smallest absolute Gasteiger partial charge is 0.248 e. The van der Waals surface area contributed by atoms with Gasteiger partial charge in [0.05, 0.1) is 0 Å². The van der Waals surface area contributed by atoms with Gasteiger partial charge in [0.15, 0.2) is 0 Å². The third-order valence-corrected chi connectivity index (χ3v) is 6.87. The molecule has 0 saturated carbocycles. The van der Waals surface area contributed by atoms with Crippen molar-refractivity contribution in [1.82, 2.24) is 5.32 Å². The Kier molecular flexibility index (Phi) is 7.67. The number of carbonyl (C=O) groups is 2. The highest BCUT2D eigenvalue weighted by Gasteiger charge is 2.35. The van der Waals surface area contributed by atoms with Crippen LogP contribution in [-0.4, -0.2) is 30.4 Å². The van der Waals surface area contributed by atoms with Crippen LogP contribution in [0.3, 0.4) is 0 Å². The first-order valence-electron chi connectivity index (χ1n) is 12.8. The van der Waals surface area contributed by atoms with Crippen molar-refractivity contribution in [1.29, 1.82) is 0 Å². The molecule has 0 spiro atoms. The topological polar surface area (TPSA) is 52.7 Å². The number of amides is 2. The Balaban J connectivity index is 1.73. The van der Waals surface area contributed by atoms with Crippen LogP contribution in [0.25, 0.3) is 0 Å². The molecule has 194 valence electrons. The Hall–Kier alpha value is -3.67. The molecule has 1 N–H and O–H groups in total. The average molecular weight is 502 g/mol. The Morgan fingerprint density at radius 2 is 1.70 bits per heavy atom. The summed E-state index contributed by atoms with van der Waals surface area (Å²) >= 11 is 0. The number of halogens is 1. The van der Waals surface area contributed by atoms with Crippen LogP contribution >= 0.6 is 0 Å². The number of hydrogen-bond donors (Lipinski definition) is 1. The SMILES string of the molecule is Cc1cccc(N(C(=O)CCN2CCc3ccccc32)C(C(=O)NC(C)(C)C)c2ccc(F)cc2)c1C. The molecular formula is C31H36FN3O2. The van der Waals surface area contributed by atoms with Crippen molar-refractivity contribution in [3.63, 3.8) is 0 Å². The number of carbonyl (C=O) groups excluding carboxylic acids is 2. The lowest BCUT2D eigenvalue weighted by atomic mass is 9.98. The summed E-state index contributed by atoms with van der Waals surface area (Å²) in [4.78, 5) is 31.7. The van der Waals surface area contributed by atoms with Crippen LogP contribution in [0.4, 0.5) is 15.8 Å². The summed E-state index contributed by atoms with van der Waals surface area (Å²) in [6, 6.07) is 18.9. The molecule has 1 aliphatic heterocycles. The van der Waals surface area contributed by atoms with Gasteiger partial charge in [0.25, 0.3) is 0 Å². The summed E-state index contributed by atoms with van der Waals surface area (Å²) in [5, 5.41) is 3.04. The minimum Gasteiger partial charge on any atom is -0.370 e. The zero-order chi connectivity index (χ0) is 26.7. The van der Waals surface area contributed by atoms with Gasteiger partial charge in [0, 0.05) is 36.4 Å². The Morgan fingerprint density at radius 3 is 2.41 bits per heavy atom. The van der Waals surface area contributed by atoms with Crippen molar-refractivity contribution in [2.75, 3.05) is 22.9 Å². The normalized spacial score (nSPS) is 13.7. The zero-order valence-corrected chi connectivity index (χ0v) is 22.3. The quantitative estimate of drug-likeness (QED) is 0.440. The third kappa shape index (κ3) is 6.01. The fourth-order valence-electron chi connectivity index (χ4n) is 4.90. The first-order valence-corrected chi connectivity index (χ1v) is 12.8. The summed E-state index contributed by atoms with van der Waals surface area (Å²) in [6.07, 6.45) is 1.19. The highest BCUT2D eigenvalue weighted by Crippen LogP contribution is 2.34. The van der Waals surface area contributed by atoms with Crippen LogP contribution in [-0.2, 0) is 16.0 Å². The molecule has 37 heavy (non-hydrogen) atoms. The fraction of sp³-hybridized carbons (Fsp3) is 0.355. The average Bonchev–Trinajstić information content (AvgIpc) is 3.26. The number of rotatable bonds is 7. The largest absolute Gasteiger partial charge is 0.370 e. The van der Waals surface area contributed by atoms with Gasteiger partial charge in [0.2, 0.25) is 11.8 Å². The number of benzene rings is 3. The number of fused-ring (bicyclic) bond motifs is 1. The molecule has 0 bridgehead atoms. The highest BCUT2D eigenvalue weighted by atomic mass is 19.1. The van der Waals surface area contributed by atoms with E-state index >= 15 is 0 Å². The number of hydrogen-bond acceptors (Lipinski definition) is 3. The van der Waals surface area contributed by atoms with Crippen molar-refractivity contribution in [2.24, 2.45) is 0 Å². The minimum atomic E-state index is -0.946. The van der Waals surface area contributed by atoms with Gasteiger partial charge >= 0.3 is 0 Å². The molecule has 3 aromatic carbocycles. The highest BCUT2D eigenvalue weighted by molar-refractivity contribution is 6.02. The predicted molar refractivity (Wildman–Crippen MR) is 147 cm³/mol. The van der Waals surface area contributed by atoms with E-state index in [1.54, 1.807) is 17.0 Å². The van der Waals surface area contributed by atoms with Gasteiger partial charge < -0.3 is 10.2 Å². The van der Waals surface area contributed by atoms with E-state index < -0.39 is 17.4 Å².